The summed E-state index contributed by atoms with van der Waals surface area (Å²) in [4.78, 5) is 20.5. The molecule has 0 bridgehead atoms. The van der Waals surface area contributed by atoms with E-state index in [2.05, 4.69) is 0 Å². The Morgan fingerprint density at radius 3 is 2.14 bits per heavy atom. The topological polar surface area (TPSA) is 131 Å². The van der Waals surface area contributed by atoms with E-state index in [1.165, 1.54) is 12.1 Å². The summed E-state index contributed by atoms with van der Waals surface area (Å²) in [5.74, 6) is -1.27. The van der Waals surface area contributed by atoms with Gasteiger partial charge < -0.3 is 15.2 Å². The van der Waals surface area contributed by atoms with E-state index in [0.29, 0.717) is 13.2 Å². The van der Waals surface area contributed by atoms with E-state index in [1.807, 2.05) is 0 Å². The lowest BCUT2D eigenvalue weighted by Crippen LogP contribution is -2.44. The third-order valence-corrected chi connectivity index (χ3v) is 3.18. The fourth-order valence-electron chi connectivity index (χ4n) is 2.14. The van der Waals surface area contributed by atoms with Crippen molar-refractivity contribution in [1.29, 1.82) is 0 Å². The maximum absolute atomic E-state index is 11.2. The molecule has 0 aliphatic carbocycles. The second-order valence-corrected chi connectivity index (χ2v) is 4.62. The summed E-state index contributed by atoms with van der Waals surface area (Å²) in [5.41, 5.74) is 5.38. The summed E-state index contributed by atoms with van der Waals surface area (Å²) in [7, 11) is 0. The number of benzene rings is 1. The summed E-state index contributed by atoms with van der Waals surface area (Å²) in [6.45, 7) is 5.66. The van der Waals surface area contributed by atoms with Gasteiger partial charge in [-0.3, -0.25) is 20.2 Å². The van der Waals surface area contributed by atoms with Gasteiger partial charge in [0.2, 0.25) is 0 Å². The van der Waals surface area contributed by atoms with Crippen LogP contribution in [0.2, 0.25) is 0 Å². The van der Waals surface area contributed by atoms with Gasteiger partial charge in [-0.15, -0.1) is 0 Å². The van der Waals surface area contributed by atoms with Crippen LogP contribution in [0.4, 0.5) is 11.4 Å². The highest BCUT2D eigenvalue weighted by atomic mass is 16.7. The fraction of sp³-hybridized carbons (Fsp3) is 0.538. The van der Waals surface area contributed by atoms with Gasteiger partial charge in [0.25, 0.3) is 11.4 Å². The average Bonchev–Trinajstić information content (AvgIpc) is 2.46. The highest BCUT2D eigenvalue weighted by molar-refractivity contribution is 5.51. The van der Waals surface area contributed by atoms with Crippen molar-refractivity contribution in [2.75, 3.05) is 13.2 Å². The molecule has 2 N–H and O–H groups in total. The molecule has 122 valence electrons. The zero-order valence-electron chi connectivity index (χ0n) is 12.6. The quantitative estimate of drug-likeness (QED) is 0.442. The van der Waals surface area contributed by atoms with E-state index in [0.717, 1.165) is 6.07 Å². The SMILES string of the molecule is CCOC(C)(OCC)[C@@H](N)c1ccc([N+](=O)[O-])cc1[N+](=O)[O-]. The standard InChI is InChI=1S/C13H19N3O6/c1-4-21-13(3,22-5-2)12(14)10-7-6-9(15(17)18)8-11(10)16(19)20/h6-8,12H,4-5,14H2,1-3H3/t12-/m0/s1. The Bertz CT molecular complexity index is 557. The van der Waals surface area contributed by atoms with Crippen molar-refractivity contribution in [3.63, 3.8) is 0 Å². The predicted octanol–water partition coefficient (Wildman–Crippen LogP) is 2.29. The number of hydrogen-bond acceptors (Lipinski definition) is 7. The van der Waals surface area contributed by atoms with Crippen molar-refractivity contribution in [1.82, 2.24) is 0 Å². The Morgan fingerprint density at radius 1 is 1.18 bits per heavy atom. The van der Waals surface area contributed by atoms with Crippen LogP contribution in [0.25, 0.3) is 0 Å². The van der Waals surface area contributed by atoms with Gasteiger partial charge in [0.1, 0.15) is 0 Å². The van der Waals surface area contributed by atoms with E-state index in [4.69, 9.17) is 15.2 Å². The number of nitrogens with zero attached hydrogens (tertiary/aromatic N) is 2. The third kappa shape index (κ3) is 3.75. The number of nitro benzene ring substituents is 2. The maximum Gasteiger partial charge on any atom is 0.281 e. The van der Waals surface area contributed by atoms with Crippen LogP contribution in [0.3, 0.4) is 0 Å². The van der Waals surface area contributed by atoms with Gasteiger partial charge in [-0.2, -0.15) is 0 Å². The molecule has 9 heteroatoms. The summed E-state index contributed by atoms with van der Waals surface area (Å²) in [6.07, 6.45) is 0. The number of nitro groups is 2. The molecule has 0 fully saturated rings. The van der Waals surface area contributed by atoms with Gasteiger partial charge in [-0.1, -0.05) is 0 Å². The second-order valence-electron chi connectivity index (χ2n) is 4.62. The summed E-state index contributed by atoms with van der Waals surface area (Å²) in [6, 6.07) is 2.33. The molecule has 0 aliphatic heterocycles. The van der Waals surface area contributed by atoms with E-state index in [9.17, 15) is 20.2 Å². The van der Waals surface area contributed by atoms with Crippen molar-refractivity contribution >= 4 is 11.4 Å². The number of ether oxygens (including phenoxy) is 2. The zero-order valence-corrected chi connectivity index (χ0v) is 12.6. The molecular formula is C13H19N3O6. The minimum atomic E-state index is -1.27. The highest BCUT2D eigenvalue weighted by Crippen LogP contribution is 2.35. The van der Waals surface area contributed by atoms with Crippen molar-refractivity contribution in [3.8, 4) is 0 Å². The van der Waals surface area contributed by atoms with E-state index in [1.54, 1.807) is 20.8 Å². The molecular weight excluding hydrogens is 294 g/mol. The summed E-state index contributed by atoms with van der Waals surface area (Å²) in [5, 5.41) is 22.0. The first-order valence-corrected chi connectivity index (χ1v) is 6.73. The molecule has 1 aromatic rings. The van der Waals surface area contributed by atoms with Gasteiger partial charge in [-0.25, -0.2) is 0 Å². The van der Waals surface area contributed by atoms with Crippen molar-refractivity contribution in [3.05, 3.63) is 44.0 Å². The first-order chi connectivity index (χ1) is 10.3. The van der Waals surface area contributed by atoms with Gasteiger partial charge in [0.15, 0.2) is 5.79 Å². The third-order valence-electron chi connectivity index (χ3n) is 3.18. The normalized spacial score (nSPS) is 12.9. The average molecular weight is 313 g/mol. The lowest BCUT2D eigenvalue weighted by Gasteiger charge is -2.34. The molecule has 9 nitrogen and oxygen atoms in total. The minimum Gasteiger partial charge on any atom is -0.349 e. The molecule has 1 atom stereocenters. The molecule has 1 aromatic carbocycles. The van der Waals surface area contributed by atoms with Gasteiger partial charge in [0.05, 0.1) is 27.5 Å². The Hall–Kier alpha value is -2.10. The Kier molecular flexibility index (Phi) is 5.92. The molecule has 0 aliphatic rings. The Balaban J connectivity index is 3.34. The number of hydrogen-bond donors (Lipinski definition) is 1. The van der Waals surface area contributed by atoms with Crippen LogP contribution in [-0.4, -0.2) is 28.8 Å². The van der Waals surface area contributed by atoms with Crippen LogP contribution in [0, 0.1) is 20.2 Å². The van der Waals surface area contributed by atoms with E-state index >= 15 is 0 Å². The summed E-state index contributed by atoms with van der Waals surface area (Å²) >= 11 is 0. The molecule has 1 rings (SSSR count). The zero-order chi connectivity index (χ0) is 16.9. The van der Waals surface area contributed by atoms with Crippen LogP contribution in [-0.2, 0) is 9.47 Å². The molecule has 0 spiro atoms. The predicted molar refractivity (Wildman–Crippen MR) is 78.3 cm³/mol. The molecule has 0 unspecified atom stereocenters. The number of non-ortho nitro benzene ring substituents is 1. The van der Waals surface area contributed by atoms with Crippen LogP contribution in [0.5, 0.6) is 0 Å². The second kappa shape index (κ2) is 7.25. The van der Waals surface area contributed by atoms with Crippen LogP contribution in [0.1, 0.15) is 32.4 Å². The lowest BCUT2D eigenvalue weighted by molar-refractivity contribution is -0.395. The van der Waals surface area contributed by atoms with Crippen molar-refractivity contribution in [2.45, 2.75) is 32.6 Å². The van der Waals surface area contributed by atoms with E-state index in [-0.39, 0.29) is 11.3 Å². The van der Waals surface area contributed by atoms with Crippen LogP contribution < -0.4 is 5.73 Å². The lowest BCUT2D eigenvalue weighted by atomic mass is 9.98. The fourth-order valence-corrected chi connectivity index (χ4v) is 2.14. The minimum absolute atomic E-state index is 0.111. The molecule has 0 saturated heterocycles. The van der Waals surface area contributed by atoms with Gasteiger partial charge >= 0.3 is 0 Å². The molecule has 0 radical (unpaired) electrons. The molecule has 0 saturated carbocycles. The highest BCUT2D eigenvalue weighted by Gasteiger charge is 2.38. The Morgan fingerprint density at radius 2 is 1.73 bits per heavy atom. The summed E-state index contributed by atoms with van der Waals surface area (Å²) < 4.78 is 11.0. The van der Waals surface area contributed by atoms with Gasteiger partial charge in [0, 0.05) is 19.3 Å². The number of nitrogens with two attached hydrogens (primary N) is 1. The first-order valence-electron chi connectivity index (χ1n) is 6.73. The molecule has 0 aromatic heterocycles. The first kappa shape index (κ1) is 18.0. The van der Waals surface area contributed by atoms with Crippen LogP contribution in [0.15, 0.2) is 18.2 Å². The molecule has 0 heterocycles. The van der Waals surface area contributed by atoms with E-state index < -0.39 is 27.4 Å². The molecule has 22 heavy (non-hydrogen) atoms. The monoisotopic (exact) mass is 313 g/mol. The van der Waals surface area contributed by atoms with Crippen molar-refractivity contribution in [2.24, 2.45) is 5.73 Å². The van der Waals surface area contributed by atoms with Gasteiger partial charge in [-0.05, 0) is 26.8 Å². The number of rotatable bonds is 8. The smallest absolute Gasteiger partial charge is 0.281 e. The van der Waals surface area contributed by atoms with Crippen molar-refractivity contribution < 1.29 is 19.3 Å². The van der Waals surface area contributed by atoms with Crippen LogP contribution >= 0.6 is 0 Å². The molecule has 0 amide bonds. The largest absolute Gasteiger partial charge is 0.349 e. The Labute approximate surface area is 127 Å². The maximum atomic E-state index is 11.2.